The molecule has 1 aromatic carbocycles. The molecule has 2 N–H and O–H groups in total. The molecule has 0 saturated carbocycles. The Balaban J connectivity index is 2.43. The molecule has 0 saturated heterocycles. The first-order chi connectivity index (χ1) is 9.10. The van der Waals surface area contributed by atoms with Gasteiger partial charge in [-0.25, -0.2) is 4.39 Å². The first-order valence-electron chi connectivity index (χ1n) is 6.01. The van der Waals surface area contributed by atoms with Crippen molar-refractivity contribution >= 4 is 5.95 Å². The maximum absolute atomic E-state index is 13.3. The summed E-state index contributed by atoms with van der Waals surface area (Å²) in [5.41, 5.74) is 7.05. The Hall–Kier alpha value is -2.24. The van der Waals surface area contributed by atoms with Crippen LogP contribution in [0.15, 0.2) is 18.2 Å². The maximum Gasteiger partial charge on any atom is 0.321 e. The van der Waals surface area contributed by atoms with E-state index in [4.69, 9.17) is 10.5 Å². The number of hydrogen-bond donors (Lipinski definition) is 1. The molecule has 0 aliphatic rings. The molecule has 0 aliphatic heterocycles. The summed E-state index contributed by atoms with van der Waals surface area (Å²) in [6.45, 7) is 4.31. The van der Waals surface area contributed by atoms with Gasteiger partial charge in [-0.05, 0) is 31.0 Å². The van der Waals surface area contributed by atoms with Crippen molar-refractivity contribution in [2.75, 3.05) is 12.3 Å². The average Bonchev–Trinajstić information content (AvgIpc) is 2.38. The first kappa shape index (κ1) is 13.2. The molecule has 0 spiro atoms. The van der Waals surface area contributed by atoms with Crippen LogP contribution in [0.1, 0.15) is 18.9 Å². The van der Waals surface area contributed by atoms with E-state index in [0.29, 0.717) is 18.0 Å². The second kappa shape index (κ2) is 5.60. The molecule has 19 heavy (non-hydrogen) atoms. The Morgan fingerprint density at radius 2 is 2.05 bits per heavy atom. The van der Waals surface area contributed by atoms with Crippen LogP contribution >= 0.6 is 0 Å². The van der Waals surface area contributed by atoms with Crippen LogP contribution in [0.3, 0.4) is 0 Å². The molecule has 0 amide bonds. The lowest BCUT2D eigenvalue weighted by Crippen LogP contribution is -2.06. The standard InChI is InChI=1S/C13H15FN4O/c1-3-6-19-13-17-11(16-12(15)18-13)10-7-9(14)5-4-8(10)2/h4-5,7H,3,6H2,1-2H3,(H2,15,16,17,18). The molecule has 0 fully saturated rings. The van der Waals surface area contributed by atoms with Gasteiger partial charge in [0.05, 0.1) is 6.61 Å². The topological polar surface area (TPSA) is 73.9 Å². The van der Waals surface area contributed by atoms with Gasteiger partial charge in [-0.15, -0.1) is 0 Å². The number of benzene rings is 1. The fourth-order valence-corrected chi connectivity index (χ4v) is 1.59. The van der Waals surface area contributed by atoms with Crippen LogP contribution in [0.2, 0.25) is 0 Å². The number of rotatable bonds is 4. The van der Waals surface area contributed by atoms with E-state index in [-0.39, 0.29) is 17.8 Å². The Kier molecular flexibility index (Phi) is 3.89. The number of nitrogens with zero attached hydrogens (tertiary/aromatic N) is 3. The fourth-order valence-electron chi connectivity index (χ4n) is 1.59. The summed E-state index contributed by atoms with van der Waals surface area (Å²) >= 11 is 0. The van der Waals surface area contributed by atoms with E-state index in [9.17, 15) is 4.39 Å². The van der Waals surface area contributed by atoms with E-state index in [1.54, 1.807) is 6.07 Å². The van der Waals surface area contributed by atoms with Gasteiger partial charge in [-0.1, -0.05) is 13.0 Å². The van der Waals surface area contributed by atoms with Crippen LogP contribution < -0.4 is 10.5 Å². The minimum atomic E-state index is -0.351. The van der Waals surface area contributed by atoms with Crippen molar-refractivity contribution in [3.63, 3.8) is 0 Å². The van der Waals surface area contributed by atoms with E-state index < -0.39 is 0 Å². The summed E-state index contributed by atoms with van der Waals surface area (Å²) in [6.07, 6.45) is 0.833. The zero-order chi connectivity index (χ0) is 13.8. The van der Waals surface area contributed by atoms with E-state index >= 15 is 0 Å². The summed E-state index contributed by atoms with van der Waals surface area (Å²) in [7, 11) is 0. The van der Waals surface area contributed by atoms with E-state index in [1.807, 2.05) is 13.8 Å². The highest BCUT2D eigenvalue weighted by Gasteiger charge is 2.11. The van der Waals surface area contributed by atoms with Gasteiger partial charge in [0, 0.05) is 5.56 Å². The van der Waals surface area contributed by atoms with Gasteiger partial charge >= 0.3 is 6.01 Å². The Bertz CT molecular complexity index is 589. The van der Waals surface area contributed by atoms with Crippen molar-refractivity contribution < 1.29 is 9.13 Å². The van der Waals surface area contributed by atoms with E-state index in [1.165, 1.54) is 12.1 Å². The molecule has 6 heteroatoms. The number of anilines is 1. The van der Waals surface area contributed by atoms with Crippen molar-refractivity contribution in [3.05, 3.63) is 29.6 Å². The molecule has 100 valence electrons. The van der Waals surface area contributed by atoms with Crippen molar-refractivity contribution in [2.24, 2.45) is 0 Å². The smallest absolute Gasteiger partial charge is 0.321 e. The molecular weight excluding hydrogens is 247 g/mol. The highest BCUT2D eigenvalue weighted by molar-refractivity contribution is 5.60. The Morgan fingerprint density at radius 1 is 1.26 bits per heavy atom. The first-order valence-corrected chi connectivity index (χ1v) is 6.01. The second-order valence-electron chi connectivity index (χ2n) is 4.11. The summed E-state index contributed by atoms with van der Waals surface area (Å²) < 4.78 is 18.6. The third-order valence-electron chi connectivity index (χ3n) is 2.51. The number of aromatic nitrogens is 3. The second-order valence-corrected chi connectivity index (χ2v) is 4.11. The van der Waals surface area contributed by atoms with Gasteiger partial charge in [0.25, 0.3) is 0 Å². The van der Waals surface area contributed by atoms with Crippen LogP contribution in [-0.4, -0.2) is 21.6 Å². The van der Waals surface area contributed by atoms with Crippen LogP contribution in [-0.2, 0) is 0 Å². The Morgan fingerprint density at radius 3 is 2.79 bits per heavy atom. The zero-order valence-electron chi connectivity index (χ0n) is 10.9. The lowest BCUT2D eigenvalue weighted by molar-refractivity contribution is 0.292. The summed E-state index contributed by atoms with van der Waals surface area (Å²) in [6, 6.07) is 4.58. The third kappa shape index (κ3) is 3.15. The lowest BCUT2D eigenvalue weighted by Gasteiger charge is -2.07. The molecule has 2 aromatic rings. The Labute approximate surface area is 110 Å². The van der Waals surface area contributed by atoms with Gasteiger partial charge in [-0.3, -0.25) is 0 Å². The largest absolute Gasteiger partial charge is 0.463 e. The molecule has 1 aromatic heterocycles. The van der Waals surface area contributed by atoms with Crippen LogP contribution in [0, 0.1) is 12.7 Å². The monoisotopic (exact) mass is 262 g/mol. The SMILES string of the molecule is CCCOc1nc(N)nc(-c2cc(F)ccc2C)n1. The van der Waals surface area contributed by atoms with E-state index in [2.05, 4.69) is 15.0 Å². The summed E-state index contributed by atoms with van der Waals surface area (Å²) in [5, 5.41) is 0. The lowest BCUT2D eigenvalue weighted by atomic mass is 10.1. The van der Waals surface area contributed by atoms with Crippen molar-refractivity contribution in [1.82, 2.24) is 15.0 Å². The molecule has 0 aliphatic carbocycles. The van der Waals surface area contributed by atoms with Crippen LogP contribution in [0.5, 0.6) is 6.01 Å². The number of nitrogen functional groups attached to an aromatic ring is 1. The van der Waals surface area contributed by atoms with Crippen LogP contribution in [0.4, 0.5) is 10.3 Å². The predicted molar refractivity (Wildman–Crippen MR) is 70.2 cm³/mol. The normalized spacial score (nSPS) is 10.5. The number of aryl methyl sites for hydroxylation is 1. The number of hydrogen-bond acceptors (Lipinski definition) is 5. The van der Waals surface area contributed by atoms with Gasteiger partial charge in [0.1, 0.15) is 5.82 Å². The molecule has 0 radical (unpaired) electrons. The van der Waals surface area contributed by atoms with E-state index in [0.717, 1.165) is 12.0 Å². The highest BCUT2D eigenvalue weighted by atomic mass is 19.1. The van der Waals surface area contributed by atoms with Gasteiger partial charge in [0.2, 0.25) is 5.95 Å². The molecule has 2 rings (SSSR count). The quantitative estimate of drug-likeness (QED) is 0.915. The average molecular weight is 262 g/mol. The van der Waals surface area contributed by atoms with Gasteiger partial charge in [-0.2, -0.15) is 15.0 Å². The summed E-state index contributed by atoms with van der Waals surface area (Å²) in [5.74, 6) is 0.0194. The van der Waals surface area contributed by atoms with Crippen molar-refractivity contribution in [2.45, 2.75) is 20.3 Å². The van der Waals surface area contributed by atoms with Crippen molar-refractivity contribution in [1.29, 1.82) is 0 Å². The molecular formula is C13H15FN4O. The fraction of sp³-hybridized carbons (Fsp3) is 0.308. The minimum Gasteiger partial charge on any atom is -0.463 e. The maximum atomic E-state index is 13.3. The van der Waals surface area contributed by atoms with Gasteiger partial charge < -0.3 is 10.5 Å². The van der Waals surface area contributed by atoms with Crippen molar-refractivity contribution in [3.8, 4) is 17.4 Å². The summed E-state index contributed by atoms with van der Waals surface area (Å²) in [4.78, 5) is 12.1. The number of nitrogens with two attached hydrogens (primary N) is 1. The highest BCUT2D eigenvalue weighted by Crippen LogP contribution is 2.22. The van der Waals surface area contributed by atoms with Gasteiger partial charge in [0.15, 0.2) is 5.82 Å². The predicted octanol–water partition coefficient (Wildman–Crippen LogP) is 2.36. The minimum absolute atomic E-state index is 0.0553. The molecule has 0 unspecified atom stereocenters. The third-order valence-corrected chi connectivity index (χ3v) is 2.51. The molecule has 1 heterocycles. The number of halogens is 1. The number of ether oxygens (including phenoxy) is 1. The zero-order valence-corrected chi connectivity index (χ0v) is 10.9. The molecule has 0 bridgehead atoms. The molecule has 5 nitrogen and oxygen atoms in total. The molecule has 0 atom stereocenters. The van der Waals surface area contributed by atoms with Crippen LogP contribution in [0.25, 0.3) is 11.4 Å².